The first-order valence-corrected chi connectivity index (χ1v) is 6.97. The number of hydrogen-bond acceptors (Lipinski definition) is 4. The monoisotopic (exact) mass is 320 g/mol. The van der Waals surface area contributed by atoms with Gasteiger partial charge in [0.05, 0.1) is 11.4 Å². The zero-order valence-corrected chi connectivity index (χ0v) is 12.6. The van der Waals surface area contributed by atoms with Gasteiger partial charge in [0.25, 0.3) is 0 Å². The number of carbonyl (C=O) groups excluding carboxylic acids is 1. The maximum Gasteiger partial charge on any atom is 0.387 e. The molecule has 0 fully saturated rings. The van der Waals surface area contributed by atoms with Crippen LogP contribution in [0, 0.1) is 0 Å². The topological polar surface area (TPSA) is 41.6 Å². The summed E-state index contributed by atoms with van der Waals surface area (Å²) in [4.78, 5) is 13.4. The fourth-order valence-electron chi connectivity index (χ4n) is 1.21. The van der Waals surface area contributed by atoms with Crippen LogP contribution in [-0.4, -0.2) is 41.6 Å². The van der Waals surface area contributed by atoms with E-state index in [9.17, 15) is 13.6 Å². The average Bonchev–Trinajstić information content (AvgIpc) is 2.37. The number of nitrogens with zero attached hydrogens (tertiary/aromatic N) is 1. The number of benzene rings is 1. The van der Waals surface area contributed by atoms with Crippen LogP contribution in [0.15, 0.2) is 24.3 Å². The number of thioether (sulfide) groups is 1. The summed E-state index contributed by atoms with van der Waals surface area (Å²) in [5.41, 5.74) is 0.203. The SMILES string of the molecule is CN(C)C(=S)SCC(=O)Nc1ccccc1OC(F)F. The van der Waals surface area contributed by atoms with E-state index < -0.39 is 6.61 Å². The zero-order chi connectivity index (χ0) is 15.1. The van der Waals surface area contributed by atoms with Gasteiger partial charge in [0.2, 0.25) is 5.91 Å². The van der Waals surface area contributed by atoms with E-state index in [4.69, 9.17) is 12.2 Å². The molecule has 4 nitrogen and oxygen atoms in total. The molecule has 110 valence electrons. The van der Waals surface area contributed by atoms with Crippen LogP contribution in [-0.2, 0) is 4.79 Å². The normalized spacial score (nSPS) is 10.2. The molecule has 0 aliphatic rings. The molecule has 0 heterocycles. The minimum absolute atomic E-state index is 0.0731. The third-order valence-corrected chi connectivity index (χ3v) is 3.81. The Kier molecular flexibility index (Phi) is 6.66. The number of alkyl halides is 2. The van der Waals surface area contributed by atoms with Gasteiger partial charge in [0, 0.05) is 14.1 Å². The molecule has 1 aromatic rings. The highest BCUT2D eigenvalue weighted by Gasteiger charge is 2.12. The summed E-state index contributed by atoms with van der Waals surface area (Å²) in [5, 5.41) is 2.51. The number of para-hydroxylation sites is 2. The van der Waals surface area contributed by atoms with Crippen LogP contribution in [0.3, 0.4) is 0 Å². The number of anilines is 1. The van der Waals surface area contributed by atoms with Crippen molar-refractivity contribution < 1.29 is 18.3 Å². The summed E-state index contributed by atoms with van der Waals surface area (Å²) < 4.78 is 29.3. The number of rotatable bonds is 5. The van der Waals surface area contributed by atoms with Crippen LogP contribution in [0.25, 0.3) is 0 Å². The van der Waals surface area contributed by atoms with Gasteiger partial charge in [-0.3, -0.25) is 4.79 Å². The number of nitrogens with one attached hydrogen (secondary N) is 1. The molecule has 1 rings (SSSR count). The molecule has 8 heteroatoms. The molecule has 0 bridgehead atoms. The molecule has 0 unspecified atom stereocenters. The molecule has 0 radical (unpaired) electrons. The van der Waals surface area contributed by atoms with Crippen LogP contribution in [0.2, 0.25) is 0 Å². The van der Waals surface area contributed by atoms with Crippen LogP contribution in [0.5, 0.6) is 5.75 Å². The van der Waals surface area contributed by atoms with E-state index in [1.54, 1.807) is 31.1 Å². The molecule has 0 atom stereocenters. The smallest absolute Gasteiger partial charge is 0.387 e. The summed E-state index contributed by atoms with van der Waals surface area (Å²) in [5.74, 6) is -0.319. The summed E-state index contributed by atoms with van der Waals surface area (Å²) in [6.45, 7) is -2.94. The fourth-order valence-corrected chi connectivity index (χ4v) is 1.97. The number of ether oxygens (including phenoxy) is 1. The second-order valence-electron chi connectivity index (χ2n) is 3.87. The molecule has 0 saturated heterocycles. The van der Waals surface area contributed by atoms with E-state index in [1.807, 2.05) is 0 Å². The Labute approximate surface area is 125 Å². The van der Waals surface area contributed by atoms with Crippen LogP contribution in [0.1, 0.15) is 0 Å². The summed E-state index contributed by atoms with van der Waals surface area (Å²) in [6.07, 6.45) is 0. The van der Waals surface area contributed by atoms with Crippen molar-refractivity contribution in [3.63, 3.8) is 0 Å². The molecule has 20 heavy (non-hydrogen) atoms. The van der Waals surface area contributed by atoms with Gasteiger partial charge in [0.1, 0.15) is 10.1 Å². The molecule has 0 aliphatic carbocycles. The van der Waals surface area contributed by atoms with E-state index in [0.29, 0.717) is 4.32 Å². The first-order chi connectivity index (χ1) is 9.40. The zero-order valence-electron chi connectivity index (χ0n) is 10.9. The summed E-state index contributed by atoms with van der Waals surface area (Å²) >= 11 is 6.22. The van der Waals surface area contributed by atoms with Crippen molar-refractivity contribution in [2.45, 2.75) is 6.61 Å². The van der Waals surface area contributed by atoms with Gasteiger partial charge in [0.15, 0.2) is 0 Å². The molecule has 1 aromatic carbocycles. The second-order valence-corrected chi connectivity index (χ2v) is 5.48. The predicted octanol–water partition coefficient (Wildman–Crippen LogP) is 2.81. The maximum atomic E-state index is 12.2. The van der Waals surface area contributed by atoms with Gasteiger partial charge in [-0.25, -0.2) is 0 Å². The van der Waals surface area contributed by atoms with E-state index in [0.717, 1.165) is 0 Å². The molecular weight excluding hydrogens is 306 g/mol. The van der Waals surface area contributed by atoms with Crippen molar-refractivity contribution in [1.29, 1.82) is 0 Å². The molecular formula is C12H14F2N2O2S2. The highest BCUT2D eigenvalue weighted by atomic mass is 32.2. The number of halogens is 2. The van der Waals surface area contributed by atoms with Crippen molar-refractivity contribution in [3.8, 4) is 5.75 Å². The Morgan fingerprint density at radius 1 is 1.45 bits per heavy atom. The molecule has 0 aliphatic heterocycles. The Morgan fingerprint density at radius 2 is 2.10 bits per heavy atom. The van der Waals surface area contributed by atoms with Gasteiger partial charge in [-0.2, -0.15) is 8.78 Å². The quantitative estimate of drug-likeness (QED) is 0.845. The first kappa shape index (κ1) is 16.6. The Hall–Kier alpha value is -1.41. The van der Waals surface area contributed by atoms with Crippen molar-refractivity contribution in [2.75, 3.05) is 25.2 Å². The molecule has 0 aromatic heterocycles. The lowest BCUT2D eigenvalue weighted by Crippen LogP contribution is -2.21. The Bertz CT molecular complexity index is 484. The van der Waals surface area contributed by atoms with Gasteiger partial charge in [-0.05, 0) is 12.1 Å². The highest BCUT2D eigenvalue weighted by molar-refractivity contribution is 8.23. The lowest BCUT2D eigenvalue weighted by Gasteiger charge is -2.13. The number of amides is 1. The van der Waals surface area contributed by atoms with E-state index >= 15 is 0 Å². The van der Waals surface area contributed by atoms with Gasteiger partial charge in [-0.15, -0.1) is 0 Å². The maximum absolute atomic E-state index is 12.2. The van der Waals surface area contributed by atoms with Crippen molar-refractivity contribution in [1.82, 2.24) is 4.90 Å². The standard InChI is InChI=1S/C12H14F2N2O2S2/c1-16(2)12(19)20-7-10(17)15-8-5-3-4-6-9(8)18-11(13)14/h3-6,11H,7H2,1-2H3,(H,15,17). The summed E-state index contributed by atoms with van der Waals surface area (Å²) in [7, 11) is 3.55. The van der Waals surface area contributed by atoms with Crippen LogP contribution >= 0.6 is 24.0 Å². The minimum atomic E-state index is -2.94. The molecule has 0 saturated carbocycles. The highest BCUT2D eigenvalue weighted by Crippen LogP contribution is 2.25. The third-order valence-electron chi connectivity index (χ3n) is 2.07. The van der Waals surface area contributed by atoms with Crippen LogP contribution in [0.4, 0.5) is 14.5 Å². The minimum Gasteiger partial charge on any atom is -0.433 e. The Morgan fingerprint density at radius 3 is 2.70 bits per heavy atom. The number of hydrogen-bond donors (Lipinski definition) is 1. The van der Waals surface area contributed by atoms with Crippen LogP contribution < -0.4 is 10.1 Å². The molecule has 0 spiro atoms. The number of thiocarbonyl (C=S) groups is 1. The first-order valence-electron chi connectivity index (χ1n) is 5.58. The van der Waals surface area contributed by atoms with E-state index in [-0.39, 0.29) is 23.1 Å². The summed E-state index contributed by atoms with van der Waals surface area (Å²) in [6, 6.07) is 6.01. The van der Waals surface area contributed by atoms with E-state index in [2.05, 4.69) is 10.1 Å². The number of carbonyl (C=O) groups is 1. The van der Waals surface area contributed by atoms with Crippen molar-refractivity contribution in [2.24, 2.45) is 0 Å². The van der Waals surface area contributed by atoms with Crippen molar-refractivity contribution >= 4 is 39.9 Å². The molecule has 1 amide bonds. The van der Waals surface area contributed by atoms with E-state index in [1.165, 1.54) is 23.9 Å². The van der Waals surface area contributed by atoms with Gasteiger partial charge >= 0.3 is 6.61 Å². The Balaban J connectivity index is 2.59. The lowest BCUT2D eigenvalue weighted by atomic mass is 10.3. The third kappa shape index (κ3) is 5.70. The fraction of sp³-hybridized carbons (Fsp3) is 0.333. The van der Waals surface area contributed by atoms with Gasteiger partial charge in [-0.1, -0.05) is 36.1 Å². The second kappa shape index (κ2) is 8.01. The largest absolute Gasteiger partial charge is 0.433 e. The lowest BCUT2D eigenvalue weighted by molar-refractivity contribution is -0.113. The van der Waals surface area contributed by atoms with Crippen molar-refractivity contribution in [3.05, 3.63) is 24.3 Å². The molecule has 1 N–H and O–H groups in total. The average molecular weight is 320 g/mol. The predicted molar refractivity (Wildman–Crippen MR) is 80.4 cm³/mol. The van der Waals surface area contributed by atoms with Gasteiger partial charge < -0.3 is 15.0 Å².